The first-order valence-electron chi connectivity index (χ1n) is 8.57. The van der Waals surface area contributed by atoms with E-state index in [0.717, 1.165) is 10.5 Å². The van der Waals surface area contributed by atoms with E-state index in [1.54, 1.807) is 6.07 Å². The van der Waals surface area contributed by atoms with Gasteiger partial charge in [0.05, 0.1) is 5.41 Å². The molecule has 0 aliphatic carbocycles. The van der Waals surface area contributed by atoms with Crippen molar-refractivity contribution in [1.82, 2.24) is 4.90 Å². The summed E-state index contributed by atoms with van der Waals surface area (Å²) in [6, 6.07) is 7.61. The zero-order valence-corrected chi connectivity index (χ0v) is 14.9. The van der Waals surface area contributed by atoms with Crippen LogP contribution >= 0.6 is 0 Å². The van der Waals surface area contributed by atoms with E-state index in [9.17, 15) is 14.4 Å². The third-order valence-corrected chi connectivity index (χ3v) is 4.98. The number of likely N-dealkylation sites (tertiary alicyclic amines) is 1. The predicted molar refractivity (Wildman–Crippen MR) is 93.5 cm³/mol. The van der Waals surface area contributed by atoms with Crippen LogP contribution in [0.15, 0.2) is 24.3 Å². The normalized spacial score (nSPS) is 16.8. The van der Waals surface area contributed by atoms with E-state index in [1.807, 2.05) is 32.0 Å². The van der Waals surface area contributed by atoms with Gasteiger partial charge in [0.1, 0.15) is 6.54 Å². The first-order valence-corrected chi connectivity index (χ1v) is 8.57. The van der Waals surface area contributed by atoms with Crippen LogP contribution in [0.4, 0.5) is 5.69 Å². The highest BCUT2D eigenvalue weighted by Crippen LogP contribution is 2.39. The Hall–Kier alpha value is -2.17. The minimum absolute atomic E-state index is 0.203. The average Bonchev–Trinajstić information content (AvgIpc) is 2.79. The highest BCUT2D eigenvalue weighted by Gasteiger charge is 2.49. The van der Waals surface area contributed by atoms with Gasteiger partial charge in [0, 0.05) is 12.1 Å². The average molecular weight is 330 g/mol. The summed E-state index contributed by atoms with van der Waals surface area (Å²) in [5.74, 6) is -0.461. The van der Waals surface area contributed by atoms with E-state index in [1.165, 1.54) is 0 Å². The minimum atomic E-state index is -0.630. The molecule has 5 nitrogen and oxygen atoms in total. The van der Waals surface area contributed by atoms with Gasteiger partial charge in [-0.2, -0.15) is 0 Å². The maximum Gasteiger partial charge on any atom is 0.244 e. The van der Waals surface area contributed by atoms with Gasteiger partial charge in [0.15, 0.2) is 0 Å². The van der Waals surface area contributed by atoms with Crippen molar-refractivity contribution in [3.63, 3.8) is 0 Å². The van der Waals surface area contributed by atoms with Gasteiger partial charge >= 0.3 is 0 Å². The number of hydrogen-bond donors (Lipinski definition) is 1. The fourth-order valence-electron chi connectivity index (χ4n) is 3.14. The molecule has 0 atom stereocenters. The number of imide groups is 1. The molecule has 1 aliphatic rings. The topological polar surface area (TPSA) is 66.5 Å². The Morgan fingerprint density at radius 2 is 1.92 bits per heavy atom. The van der Waals surface area contributed by atoms with Crippen molar-refractivity contribution in [2.24, 2.45) is 5.41 Å². The lowest BCUT2D eigenvalue weighted by atomic mass is 9.81. The molecular formula is C19H26N2O3. The molecule has 3 amide bonds. The Morgan fingerprint density at radius 1 is 1.25 bits per heavy atom. The van der Waals surface area contributed by atoms with Crippen LogP contribution < -0.4 is 5.32 Å². The molecule has 24 heavy (non-hydrogen) atoms. The summed E-state index contributed by atoms with van der Waals surface area (Å²) in [4.78, 5) is 38.1. The van der Waals surface area contributed by atoms with E-state index in [-0.39, 0.29) is 30.7 Å². The van der Waals surface area contributed by atoms with Gasteiger partial charge in [-0.1, -0.05) is 39.8 Å². The van der Waals surface area contributed by atoms with Crippen molar-refractivity contribution in [1.29, 1.82) is 0 Å². The molecule has 2 rings (SSSR count). The number of nitrogens with zero attached hydrogens (tertiary/aromatic N) is 1. The summed E-state index contributed by atoms with van der Waals surface area (Å²) in [7, 11) is 0. The Kier molecular flexibility index (Phi) is 5.42. The van der Waals surface area contributed by atoms with Gasteiger partial charge in [-0.05, 0) is 36.5 Å². The summed E-state index contributed by atoms with van der Waals surface area (Å²) < 4.78 is 0. The number of anilines is 1. The molecule has 0 bridgehead atoms. The molecule has 0 aromatic heterocycles. The Balaban J connectivity index is 2.06. The van der Waals surface area contributed by atoms with Crippen LogP contribution in [0.1, 0.15) is 58.4 Å². The van der Waals surface area contributed by atoms with Crippen LogP contribution in [0.2, 0.25) is 0 Å². The van der Waals surface area contributed by atoms with Gasteiger partial charge in [-0.15, -0.1) is 0 Å². The van der Waals surface area contributed by atoms with E-state index in [4.69, 9.17) is 0 Å². The van der Waals surface area contributed by atoms with Crippen molar-refractivity contribution < 1.29 is 14.4 Å². The fourth-order valence-corrected chi connectivity index (χ4v) is 3.14. The van der Waals surface area contributed by atoms with Gasteiger partial charge < -0.3 is 5.32 Å². The zero-order chi connectivity index (χ0) is 17.9. The van der Waals surface area contributed by atoms with E-state index < -0.39 is 5.41 Å². The third-order valence-electron chi connectivity index (χ3n) is 4.98. The molecule has 1 aromatic rings. The summed E-state index contributed by atoms with van der Waals surface area (Å²) in [6.45, 7) is 7.77. The van der Waals surface area contributed by atoms with Gasteiger partial charge in [-0.25, -0.2) is 0 Å². The highest BCUT2D eigenvalue weighted by molar-refractivity contribution is 6.09. The van der Waals surface area contributed by atoms with E-state index in [2.05, 4.69) is 19.2 Å². The quantitative estimate of drug-likeness (QED) is 0.814. The standard InChI is InChI=1S/C19H26N2O3/c1-5-19(6-2)11-17(23)21(18(19)24)12-16(22)20-15-9-7-8-14(10-15)13(3)4/h7-10,13H,5-6,11-12H2,1-4H3,(H,20,22). The van der Waals surface area contributed by atoms with Crippen LogP contribution in [0.3, 0.4) is 0 Å². The predicted octanol–water partition coefficient (Wildman–Crippen LogP) is 3.31. The maximum absolute atomic E-state index is 12.6. The SMILES string of the molecule is CCC1(CC)CC(=O)N(CC(=O)Nc2cccc(C(C)C)c2)C1=O. The number of hydrogen-bond acceptors (Lipinski definition) is 3. The van der Waals surface area contributed by atoms with Crippen molar-refractivity contribution in [2.75, 3.05) is 11.9 Å². The molecule has 1 fully saturated rings. The molecule has 1 aliphatic heterocycles. The highest BCUT2D eigenvalue weighted by atomic mass is 16.2. The van der Waals surface area contributed by atoms with Gasteiger partial charge in [0.25, 0.3) is 0 Å². The Labute approximate surface area is 143 Å². The molecule has 1 saturated heterocycles. The number of carbonyl (C=O) groups excluding carboxylic acids is 3. The number of carbonyl (C=O) groups is 3. The third kappa shape index (κ3) is 3.50. The van der Waals surface area contributed by atoms with Crippen molar-refractivity contribution in [2.45, 2.75) is 52.9 Å². The van der Waals surface area contributed by atoms with Crippen LogP contribution in [0.25, 0.3) is 0 Å². The monoisotopic (exact) mass is 330 g/mol. The second-order valence-electron chi connectivity index (χ2n) is 6.78. The smallest absolute Gasteiger partial charge is 0.244 e. The summed E-state index contributed by atoms with van der Waals surface area (Å²) in [5, 5.41) is 2.78. The molecule has 1 heterocycles. The molecular weight excluding hydrogens is 304 g/mol. The lowest BCUT2D eigenvalue weighted by Gasteiger charge is -2.23. The lowest BCUT2D eigenvalue weighted by Crippen LogP contribution is -2.40. The molecule has 0 saturated carbocycles. The lowest BCUT2D eigenvalue weighted by molar-refractivity contribution is -0.144. The molecule has 1 aromatic carbocycles. The van der Waals surface area contributed by atoms with Crippen LogP contribution in [0.5, 0.6) is 0 Å². The zero-order valence-electron chi connectivity index (χ0n) is 14.9. The molecule has 5 heteroatoms. The van der Waals surface area contributed by atoms with Gasteiger partial charge in [-0.3, -0.25) is 19.3 Å². The summed E-state index contributed by atoms with van der Waals surface area (Å²) in [5.41, 5.74) is 1.18. The second kappa shape index (κ2) is 7.16. The van der Waals surface area contributed by atoms with Crippen LogP contribution in [0, 0.1) is 5.41 Å². The van der Waals surface area contributed by atoms with Crippen molar-refractivity contribution in [3.8, 4) is 0 Å². The van der Waals surface area contributed by atoms with E-state index in [0.29, 0.717) is 24.4 Å². The minimum Gasteiger partial charge on any atom is -0.325 e. The number of nitrogens with one attached hydrogen (secondary N) is 1. The van der Waals surface area contributed by atoms with E-state index >= 15 is 0 Å². The fraction of sp³-hybridized carbons (Fsp3) is 0.526. The molecule has 0 unspecified atom stereocenters. The largest absolute Gasteiger partial charge is 0.325 e. The first kappa shape index (κ1) is 18.2. The van der Waals surface area contributed by atoms with Crippen LogP contribution in [-0.2, 0) is 14.4 Å². The van der Waals surface area contributed by atoms with Crippen molar-refractivity contribution in [3.05, 3.63) is 29.8 Å². The second-order valence-corrected chi connectivity index (χ2v) is 6.78. The summed E-state index contributed by atoms with van der Waals surface area (Å²) >= 11 is 0. The molecule has 0 radical (unpaired) electrons. The Bertz CT molecular complexity index is 648. The van der Waals surface area contributed by atoms with Gasteiger partial charge in [0.2, 0.25) is 17.7 Å². The number of rotatable bonds is 6. The molecule has 130 valence electrons. The first-order chi connectivity index (χ1) is 11.3. The van der Waals surface area contributed by atoms with Crippen molar-refractivity contribution >= 4 is 23.4 Å². The molecule has 1 N–H and O–H groups in total. The molecule has 0 spiro atoms. The number of benzene rings is 1. The number of amides is 3. The Morgan fingerprint density at radius 3 is 2.46 bits per heavy atom. The maximum atomic E-state index is 12.6. The summed E-state index contributed by atoms with van der Waals surface area (Å²) in [6.07, 6.45) is 1.43. The van der Waals surface area contributed by atoms with Crippen LogP contribution in [-0.4, -0.2) is 29.2 Å².